The van der Waals surface area contributed by atoms with E-state index in [4.69, 9.17) is 0 Å². The Kier molecular flexibility index (Phi) is 4.59. The van der Waals surface area contributed by atoms with Crippen molar-refractivity contribution >= 4 is 17.6 Å². The topological polar surface area (TPSA) is 37.8 Å². The second-order valence-electron chi connectivity index (χ2n) is 4.63. The molecule has 3 nitrogen and oxygen atoms in total. The lowest BCUT2D eigenvalue weighted by Crippen LogP contribution is -2.17. The fourth-order valence-corrected chi connectivity index (χ4v) is 1.90. The average molecular weight is 239 g/mol. The number of nitrogens with zero attached hydrogens (tertiary/aromatic N) is 2. The molecule has 1 rings (SSSR count). The third-order valence-electron chi connectivity index (χ3n) is 2.02. The standard InChI is InChI=1S/C12H21N3S/c1-6-13-9-8-10(16-7-2)15-11(14-9)12(3,4)5/h8H,6-7H2,1-5H3,(H,13,14,15). The van der Waals surface area contributed by atoms with Gasteiger partial charge in [-0.15, -0.1) is 11.8 Å². The Morgan fingerprint density at radius 1 is 1.25 bits per heavy atom. The van der Waals surface area contributed by atoms with E-state index in [9.17, 15) is 0 Å². The highest BCUT2D eigenvalue weighted by Crippen LogP contribution is 2.24. The molecule has 0 saturated heterocycles. The first-order valence-corrected chi connectivity index (χ1v) is 6.72. The quantitative estimate of drug-likeness (QED) is 0.646. The van der Waals surface area contributed by atoms with Gasteiger partial charge in [0.15, 0.2) is 0 Å². The summed E-state index contributed by atoms with van der Waals surface area (Å²) in [6.07, 6.45) is 0. The molecule has 0 amide bonds. The van der Waals surface area contributed by atoms with Gasteiger partial charge in [-0.05, 0) is 12.7 Å². The summed E-state index contributed by atoms with van der Waals surface area (Å²) in [5.41, 5.74) is -0.00547. The van der Waals surface area contributed by atoms with Gasteiger partial charge in [0.25, 0.3) is 0 Å². The maximum atomic E-state index is 4.59. The summed E-state index contributed by atoms with van der Waals surface area (Å²) < 4.78 is 0. The first kappa shape index (κ1) is 13.3. The van der Waals surface area contributed by atoms with Crippen molar-refractivity contribution in [1.29, 1.82) is 0 Å². The molecule has 0 bridgehead atoms. The molecule has 90 valence electrons. The minimum absolute atomic E-state index is 0.00547. The molecular weight excluding hydrogens is 218 g/mol. The van der Waals surface area contributed by atoms with Crippen LogP contribution in [0, 0.1) is 0 Å². The third-order valence-corrected chi connectivity index (χ3v) is 2.82. The van der Waals surface area contributed by atoms with Crippen molar-refractivity contribution in [3.63, 3.8) is 0 Å². The van der Waals surface area contributed by atoms with Gasteiger partial charge in [-0.1, -0.05) is 27.7 Å². The number of rotatable bonds is 4. The normalized spacial score (nSPS) is 11.6. The van der Waals surface area contributed by atoms with Crippen LogP contribution in [0.4, 0.5) is 5.82 Å². The zero-order chi connectivity index (χ0) is 12.2. The van der Waals surface area contributed by atoms with Gasteiger partial charge in [-0.3, -0.25) is 0 Å². The molecule has 1 N–H and O–H groups in total. The lowest BCUT2D eigenvalue weighted by Gasteiger charge is -2.18. The minimum Gasteiger partial charge on any atom is -0.370 e. The van der Waals surface area contributed by atoms with Gasteiger partial charge in [0, 0.05) is 18.0 Å². The van der Waals surface area contributed by atoms with E-state index in [2.05, 4.69) is 49.9 Å². The number of thioether (sulfide) groups is 1. The van der Waals surface area contributed by atoms with Crippen molar-refractivity contribution in [2.75, 3.05) is 17.6 Å². The molecule has 1 heterocycles. The van der Waals surface area contributed by atoms with Gasteiger partial charge in [-0.2, -0.15) is 0 Å². The van der Waals surface area contributed by atoms with Gasteiger partial charge in [0.1, 0.15) is 16.7 Å². The van der Waals surface area contributed by atoms with E-state index in [1.165, 1.54) is 0 Å². The molecule has 0 aliphatic carbocycles. The lowest BCUT2D eigenvalue weighted by molar-refractivity contribution is 0.539. The highest BCUT2D eigenvalue weighted by molar-refractivity contribution is 7.99. The Hall–Kier alpha value is -0.770. The fourth-order valence-electron chi connectivity index (χ4n) is 1.25. The number of hydrogen-bond donors (Lipinski definition) is 1. The van der Waals surface area contributed by atoms with Crippen LogP contribution < -0.4 is 5.32 Å². The molecule has 0 aromatic carbocycles. The zero-order valence-corrected chi connectivity index (χ0v) is 11.6. The summed E-state index contributed by atoms with van der Waals surface area (Å²) in [5, 5.41) is 4.31. The van der Waals surface area contributed by atoms with E-state index in [1.807, 2.05) is 6.07 Å². The van der Waals surface area contributed by atoms with Crippen molar-refractivity contribution in [3.8, 4) is 0 Å². The predicted octanol–water partition coefficient (Wildman–Crippen LogP) is 3.32. The number of anilines is 1. The second-order valence-corrected chi connectivity index (χ2v) is 5.91. The molecule has 0 spiro atoms. The SMILES string of the molecule is CCNc1cc(SCC)nc(C(C)(C)C)n1. The molecule has 16 heavy (non-hydrogen) atoms. The molecular formula is C12H21N3S. The van der Waals surface area contributed by atoms with Crippen LogP contribution in [0.25, 0.3) is 0 Å². The van der Waals surface area contributed by atoms with Crippen molar-refractivity contribution < 1.29 is 0 Å². The molecule has 1 aromatic rings. The number of aromatic nitrogens is 2. The molecule has 0 fully saturated rings. The molecule has 4 heteroatoms. The van der Waals surface area contributed by atoms with Gasteiger partial charge in [0.2, 0.25) is 0 Å². The van der Waals surface area contributed by atoms with Gasteiger partial charge >= 0.3 is 0 Å². The summed E-state index contributed by atoms with van der Waals surface area (Å²) in [5.74, 6) is 2.87. The molecule has 0 radical (unpaired) electrons. The van der Waals surface area contributed by atoms with E-state index >= 15 is 0 Å². The van der Waals surface area contributed by atoms with Crippen LogP contribution >= 0.6 is 11.8 Å². The Balaban J connectivity index is 3.08. The van der Waals surface area contributed by atoms with Crippen LogP contribution in [0.5, 0.6) is 0 Å². The zero-order valence-electron chi connectivity index (χ0n) is 10.8. The smallest absolute Gasteiger partial charge is 0.137 e. The monoisotopic (exact) mass is 239 g/mol. The summed E-state index contributed by atoms with van der Waals surface area (Å²) in [4.78, 5) is 9.13. The second kappa shape index (κ2) is 5.53. The summed E-state index contributed by atoms with van der Waals surface area (Å²) in [7, 11) is 0. The summed E-state index contributed by atoms with van der Waals surface area (Å²) in [6, 6.07) is 2.02. The van der Waals surface area contributed by atoms with Gasteiger partial charge in [0.05, 0.1) is 0 Å². The molecule has 0 aliphatic rings. The van der Waals surface area contributed by atoms with Crippen LogP contribution in [0.1, 0.15) is 40.4 Å². The van der Waals surface area contributed by atoms with Crippen molar-refractivity contribution in [2.24, 2.45) is 0 Å². The van der Waals surface area contributed by atoms with E-state index in [1.54, 1.807) is 11.8 Å². The van der Waals surface area contributed by atoms with Gasteiger partial charge < -0.3 is 5.32 Å². The van der Waals surface area contributed by atoms with Crippen LogP contribution in [0.3, 0.4) is 0 Å². The van der Waals surface area contributed by atoms with Gasteiger partial charge in [-0.25, -0.2) is 9.97 Å². The Morgan fingerprint density at radius 2 is 1.94 bits per heavy atom. The number of hydrogen-bond acceptors (Lipinski definition) is 4. The maximum Gasteiger partial charge on any atom is 0.137 e. The minimum atomic E-state index is -0.00547. The van der Waals surface area contributed by atoms with Crippen molar-refractivity contribution in [1.82, 2.24) is 9.97 Å². The Morgan fingerprint density at radius 3 is 2.44 bits per heavy atom. The molecule has 1 aromatic heterocycles. The summed E-state index contributed by atoms with van der Waals surface area (Å²) >= 11 is 1.75. The van der Waals surface area contributed by atoms with Crippen molar-refractivity contribution in [3.05, 3.63) is 11.9 Å². The molecule has 0 atom stereocenters. The molecule has 0 unspecified atom stereocenters. The van der Waals surface area contributed by atoms with E-state index in [0.717, 1.165) is 29.0 Å². The highest BCUT2D eigenvalue weighted by Gasteiger charge is 2.18. The van der Waals surface area contributed by atoms with Crippen LogP contribution in [-0.4, -0.2) is 22.3 Å². The first-order chi connectivity index (χ1) is 7.47. The summed E-state index contributed by atoms with van der Waals surface area (Å²) in [6.45, 7) is 11.5. The van der Waals surface area contributed by atoms with E-state index in [0.29, 0.717) is 0 Å². The first-order valence-electron chi connectivity index (χ1n) is 5.73. The molecule has 0 saturated carbocycles. The lowest BCUT2D eigenvalue weighted by atomic mass is 9.96. The molecule has 0 aliphatic heterocycles. The predicted molar refractivity (Wildman–Crippen MR) is 71.3 cm³/mol. The van der Waals surface area contributed by atoms with Crippen LogP contribution in [0.2, 0.25) is 0 Å². The van der Waals surface area contributed by atoms with Crippen molar-refractivity contribution in [2.45, 2.75) is 45.1 Å². The average Bonchev–Trinajstić information content (AvgIpc) is 2.17. The van der Waals surface area contributed by atoms with E-state index in [-0.39, 0.29) is 5.41 Å². The fraction of sp³-hybridized carbons (Fsp3) is 0.667. The number of nitrogens with one attached hydrogen (secondary N) is 1. The maximum absolute atomic E-state index is 4.59. The third kappa shape index (κ3) is 3.67. The van der Waals surface area contributed by atoms with E-state index < -0.39 is 0 Å². The Bertz CT molecular complexity index is 320. The Labute approximate surface area is 102 Å². The largest absolute Gasteiger partial charge is 0.370 e. The van der Waals surface area contributed by atoms with Crippen LogP contribution in [-0.2, 0) is 5.41 Å². The highest BCUT2D eigenvalue weighted by atomic mass is 32.2. The van der Waals surface area contributed by atoms with Crippen LogP contribution in [0.15, 0.2) is 11.1 Å².